The molecule has 2 aliphatic rings. The molecule has 1 aliphatic heterocycles. The summed E-state index contributed by atoms with van der Waals surface area (Å²) in [5.74, 6) is 1.68. The third-order valence-electron chi connectivity index (χ3n) is 6.77. The molecule has 1 saturated carbocycles. The van der Waals surface area contributed by atoms with E-state index < -0.39 is 0 Å². The number of guanidine groups is 1. The number of aliphatic imine (C=N–C) groups is 1. The number of hydrogen-bond acceptors (Lipinski definition) is 5. The molecule has 8 nitrogen and oxygen atoms in total. The van der Waals surface area contributed by atoms with Crippen LogP contribution in [-0.4, -0.2) is 71.1 Å². The summed E-state index contributed by atoms with van der Waals surface area (Å²) in [6.45, 7) is 9.38. The Hall–Kier alpha value is -1.72. The molecule has 0 atom stereocenters. The van der Waals surface area contributed by atoms with Gasteiger partial charge in [-0.05, 0) is 44.4 Å². The number of halogens is 1. The van der Waals surface area contributed by atoms with E-state index in [9.17, 15) is 0 Å². The minimum atomic E-state index is 0. The van der Waals surface area contributed by atoms with Crippen molar-refractivity contribution in [3.63, 3.8) is 0 Å². The van der Waals surface area contributed by atoms with Gasteiger partial charge in [-0.25, -0.2) is 9.67 Å². The zero-order chi connectivity index (χ0) is 22.4. The van der Waals surface area contributed by atoms with E-state index in [-0.39, 0.29) is 29.5 Å². The number of aromatic nitrogens is 3. The Bertz CT molecular complexity index is 900. The summed E-state index contributed by atoms with van der Waals surface area (Å²) in [5, 5.41) is 11.6. The highest BCUT2D eigenvalue weighted by atomic mass is 127. The van der Waals surface area contributed by atoms with Crippen molar-refractivity contribution < 1.29 is 4.74 Å². The van der Waals surface area contributed by atoms with Crippen LogP contribution in [-0.2, 0) is 11.3 Å². The number of pyridine rings is 1. The van der Waals surface area contributed by atoms with Crippen molar-refractivity contribution in [2.24, 2.45) is 4.99 Å². The summed E-state index contributed by atoms with van der Waals surface area (Å²) in [4.78, 5) is 11.7. The predicted octanol–water partition coefficient (Wildman–Crippen LogP) is 3.20. The summed E-state index contributed by atoms with van der Waals surface area (Å²) in [7, 11) is 1.84. The van der Waals surface area contributed by atoms with E-state index in [4.69, 9.17) is 4.74 Å². The number of morpholine rings is 1. The molecule has 2 fully saturated rings. The zero-order valence-corrected chi connectivity index (χ0v) is 22.5. The molecule has 4 rings (SSSR count). The first kappa shape index (κ1) is 25.9. The molecule has 2 aromatic rings. The van der Waals surface area contributed by atoms with Crippen LogP contribution in [0.15, 0.2) is 29.4 Å². The van der Waals surface area contributed by atoms with Crippen molar-refractivity contribution in [2.75, 3.05) is 39.9 Å². The van der Waals surface area contributed by atoms with Crippen LogP contribution in [0.25, 0.3) is 5.82 Å². The molecular weight excluding hydrogens is 529 g/mol. The molecule has 1 saturated heterocycles. The monoisotopic (exact) mass is 567 g/mol. The lowest BCUT2D eigenvalue weighted by Crippen LogP contribution is -2.60. The minimum absolute atomic E-state index is 0. The molecule has 9 heteroatoms. The quantitative estimate of drug-likeness (QED) is 0.317. The second-order valence-electron chi connectivity index (χ2n) is 9.03. The Balaban J connectivity index is 0.00000306. The Morgan fingerprint density at radius 3 is 2.48 bits per heavy atom. The van der Waals surface area contributed by atoms with E-state index in [1.165, 1.54) is 32.1 Å². The minimum Gasteiger partial charge on any atom is -0.379 e. The van der Waals surface area contributed by atoms with E-state index in [0.29, 0.717) is 6.54 Å². The van der Waals surface area contributed by atoms with Crippen LogP contribution < -0.4 is 10.6 Å². The first-order valence-electron chi connectivity index (χ1n) is 11.9. The summed E-state index contributed by atoms with van der Waals surface area (Å²) in [6.07, 6.45) is 8.35. The number of nitrogens with one attached hydrogen (secondary N) is 2. The maximum Gasteiger partial charge on any atom is 0.191 e. The van der Waals surface area contributed by atoms with Gasteiger partial charge in [-0.15, -0.1) is 24.0 Å². The van der Waals surface area contributed by atoms with E-state index >= 15 is 0 Å². The molecule has 2 N–H and O–H groups in total. The van der Waals surface area contributed by atoms with Crippen molar-refractivity contribution in [1.29, 1.82) is 0 Å². The van der Waals surface area contributed by atoms with Gasteiger partial charge >= 0.3 is 0 Å². The fourth-order valence-corrected chi connectivity index (χ4v) is 5.01. The Labute approximate surface area is 214 Å². The zero-order valence-electron chi connectivity index (χ0n) is 20.1. The number of aryl methyl sites for hydroxylation is 2. The van der Waals surface area contributed by atoms with Gasteiger partial charge in [-0.1, -0.05) is 25.3 Å². The van der Waals surface area contributed by atoms with E-state index in [1.54, 1.807) is 0 Å². The highest BCUT2D eigenvalue weighted by molar-refractivity contribution is 14.0. The van der Waals surface area contributed by atoms with E-state index in [0.717, 1.165) is 61.6 Å². The van der Waals surface area contributed by atoms with Crippen LogP contribution in [0.1, 0.15) is 49.1 Å². The molecule has 2 aromatic heterocycles. The van der Waals surface area contributed by atoms with E-state index in [2.05, 4.69) is 42.7 Å². The largest absolute Gasteiger partial charge is 0.379 e. The molecule has 182 valence electrons. The van der Waals surface area contributed by atoms with Crippen molar-refractivity contribution in [2.45, 2.75) is 58.0 Å². The smallest absolute Gasteiger partial charge is 0.191 e. The number of hydrogen-bond donors (Lipinski definition) is 2. The van der Waals surface area contributed by atoms with Crippen molar-refractivity contribution >= 4 is 29.9 Å². The molecule has 1 aliphatic carbocycles. The van der Waals surface area contributed by atoms with Crippen LogP contribution >= 0.6 is 24.0 Å². The third kappa shape index (κ3) is 6.45. The maximum atomic E-state index is 5.60. The molecule has 0 unspecified atom stereocenters. The standard InChI is InChI=1S/C24H37N7O.HI/c1-19-15-20(2)31(29-19)22-8-7-21(16-26-22)17-27-23(25-3)28-18-24(9-5-4-6-10-24)30-11-13-32-14-12-30;/h7-8,15-16H,4-6,9-14,17-18H2,1-3H3,(H2,25,27,28);1H. The highest BCUT2D eigenvalue weighted by Crippen LogP contribution is 2.33. The molecule has 0 amide bonds. The fourth-order valence-electron chi connectivity index (χ4n) is 5.01. The summed E-state index contributed by atoms with van der Waals surface area (Å²) in [6, 6.07) is 6.17. The van der Waals surface area contributed by atoms with Gasteiger partial charge in [-0.3, -0.25) is 9.89 Å². The van der Waals surface area contributed by atoms with Gasteiger partial charge in [-0.2, -0.15) is 5.10 Å². The third-order valence-corrected chi connectivity index (χ3v) is 6.77. The van der Waals surface area contributed by atoms with E-state index in [1.807, 2.05) is 37.8 Å². The van der Waals surface area contributed by atoms with Crippen LogP contribution in [0.4, 0.5) is 0 Å². The van der Waals surface area contributed by atoms with Crippen LogP contribution in [0.3, 0.4) is 0 Å². The van der Waals surface area contributed by atoms with Crippen molar-refractivity contribution in [3.8, 4) is 5.82 Å². The van der Waals surface area contributed by atoms with Crippen LogP contribution in [0, 0.1) is 13.8 Å². The Morgan fingerprint density at radius 1 is 1.12 bits per heavy atom. The topological polar surface area (TPSA) is 79.6 Å². The maximum absolute atomic E-state index is 5.60. The van der Waals surface area contributed by atoms with Crippen LogP contribution in [0.2, 0.25) is 0 Å². The lowest BCUT2D eigenvalue weighted by Gasteiger charge is -2.48. The average molecular weight is 568 g/mol. The summed E-state index contributed by atoms with van der Waals surface area (Å²) >= 11 is 0. The van der Waals surface area contributed by atoms with Gasteiger partial charge in [0, 0.05) is 50.7 Å². The molecular formula is C24H38IN7O. The first-order chi connectivity index (χ1) is 15.6. The average Bonchev–Trinajstić information content (AvgIpc) is 3.18. The van der Waals surface area contributed by atoms with Gasteiger partial charge in [0.25, 0.3) is 0 Å². The molecule has 3 heterocycles. The lowest BCUT2D eigenvalue weighted by molar-refractivity contribution is -0.0352. The predicted molar refractivity (Wildman–Crippen MR) is 143 cm³/mol. The number of ether oxygens (including phenoxy) is 1. The van der Waals surface area contributed by atoms with Crippen LogP contribution in [0.5, 0.6) is 0 Å². The molecule has 0 spiro atoms. The molecule has 0 radical (unpaired) electrons. The number of rotatable bonds is 6. The molecule has 0 bridgehead atoms. The van der Waals surface area contributed by atoms with Gasteiger partial charge in [0.05, 0.1) is 18.9 Å². The Kier molecular flexibility index (Phi) is 9.51. The Morgan fingerprint density at radius 2 is 1.88 bits per heavy atom. The SMILES string of the molecule is CN=C(NCc1ccc(-n2nc(C)cc2C)nc1)NCC1(N2CCOCC2)CCCCC1.I. The van der Waals surface area contributed by atoms with Gasteiger partial charge in [0.2, 0.25) is 0 Å². The van der Waals surface area contributed by atoms with Gasteiger partial charge in [0.1, 0.15) is 0 Å². The second kappa shape index (κ2) is 12.1. The first-order valence-corrected chi connectivity index (χ1v) is 11.9. The number of nitrogens with zero attached hydrogens (tertiary/aromatic N) is 5. The molecule has 0 aromatic carbocycles. The fraction of sp³-hybridized carbons (Fsp3) is 0.625. The summed E-state index contributed by atoms with van der Waals surface area (Å²) in [5.41, 5.74) is 3.40. The van der Waals surface area contributed by atoms with Gasteiger partial charge < -0.3 is 15.4 Å². The second-order valence-corrected chi connectivity index (χ2v) is 9.03. The highest BCUT2D eigenvalue weighted by Gasteiger charge is 2.38. The summed E-state index contributed by atoms with van der Waals surface area (Å²) < 4.78 is 7.48. The van der Waals surface area contributed by atoms with Crippen molar-refractivity contribution in [3.05, 3.63) is 41.3 Å². The van der Waals surface area contributed by atoms with Gasteiger partial charge in [0.15, 0.2) is 11.8 Å². The molecule has 33 heavy (non-hydrogen) atoms. The van der Waals surface area contributed by atoms with Crippen molar-refractivity contribution in [1.82, 2.24) is 30.3 Å². The lowest BCUT2D eigenvalue weighted by atomic mass is 9.80. The normalized spacial score (nSPS) is 19.1.